The van der Waals surface area contributed by atoms with E-state index in [1.165, 1.54) is 0 Å². The van der Waals surface area contributed by atoms with E-state index in [-0.39, 0.29) is 5.92 Å². The summed E-state index contributed by atoms with van der Waals surface area (Å²) in [6.45, 7) is 9.65. The van der Waals surface area contributed by atoms with Crippen molar-refractivity contribution < 1.29 is 4.74 Å². The number of pyridine rings is 1. The first-order chi connectivity index (χ1) is 10.5. The highest BCUT2D eigenvalue weighted by Gasteiger charge is 2.09. The molecule has 22 heavy (non-hydrogen) atoms. The maximum Gasteiger partial charge on any atom is 0.218 e. The number of rotatable bonds is 7. The zero-order valence-electron chi connectivity index (χ0n) is 13.7. The Morgan fingerprint density at radius 3 is 2.59 bits per heavy atom. The van der Waals surface area contributed by atoms with Gasteiger partial charge in [-0.15, -0.1) is 0 Å². The minimum Gasteiger partial charge on any atom is -0.477 e. The highest BCUT2D eigenvalue weighted by molar-refractivity contribution is 5.39. The molecule has 5 heteroatoms. The molecule has 0 aliphatic carbocycles. The second-order valence-corrected chi connectivity index (χ2v) is 5.98. The summed E-state index contributed by atoms with van der Waals surface area (Å²) in [7, 11) is 0. The van der Waals surface area contributed by atoms with Crippen LogP contribution in [0.4, 0.5) is 5.82 Å². The van der Waals surface area contributed by atoms with Gasteiger partial charge in [0.1, 0.15) is 11.6 Å². The third-order valence-electron chi connectivity index (χ3n) is 2.98. The van der Waals surface area contributed by atoms with Gasteiger partial charge in [0.2, 0.25) is 5.88 Å². The standard InChI is InChI=1S/C17H24N4O/c1-12(2)11-22-16-9-15(20-17(21-16)13(3)4)19-10-14-7-5-6-8-18-14/h5-9,12-13H,10-11H2,1-4H3,(H,19,20,21). The van der Waals surface area contributed by atoms with Gasteiger partial charge in [0, 0.05) is 18.2 Å². The van der Waals surface area contributed by atoms with Gasteiger partial charge in [-0.3, -0.25) is 4.98 Å². The number of aromatic nitrogens is 3. The van der Waals surface area contributed by atoms with Crippen LogP contribution in [-0.4, -0.2) is 21.6 Å². The van der Waals surface area contributed by atoms with Crippen molar-refractivity contribution in [2.24, 2.45) is 5.92 Å². The van der Waals surface area contributed by atoms with Crippen molar-refractivity contribution >= 4 is 5.82 Å². The Morgan fingerprint density at radius 2 is 1.95 bits per heavy atom. The Morgan fingerprint density at radius 1 is 1.14 bits per heavy atom. The van der Waals surface area contributed by atoms with E-state index in [0.717, 1.165) is 17.3 Å². The van der Waals surface area contributed by atoms with Crippen LogP contribution in [0.2, 0.25) is 0 Å². The van der Waals surface area contributed by atoms with E-state index in [9.17, 15) is 0 Å². The van der Waals surface area contributed by atoms with Crippen molar-refractivity contribution in [2.45, 2.75) is 40.2 Å². The SMILES string of the molecule is CC(C)COc1cc(NCc2ccccn2)nc(C(C)C)n1. The molecule has 0 aliphatic heterocycles. The molecular weight excluding hydrogens is 276 g/mol. The monoisotopic (exact) mass is 300 g/mol. The number of hydrogen-bond donors (Lipinski definition) is 1. The van der Waals surface area contributed by atoms with Crippen LogP contribution in [0, 0.1) is 5.92 Å². The summed E-state index contributed by atoms with van der Waals surface area (Å²) < 4.78 is 5.74. The number of nitrogens with one attached hydrogen (secondary N) is 1. The van der Waals surface area contributed by atoms with Gasteiger partial charge in [0.25, 0.3) is 0 Å². The van der Waals surface area contributed by atoms with E-state index in [4.69, 9.17) is 4.74 Å². The van der Waals surface area contributed by atoms with Gasteiger partial charge in [-0.05, 0) is 18.1 Å². The molecule has 0 aromatic carbocycles. The Kier molecular flexibility index (Phi) is 5.69. The van der Waals surface area contributed by atoms with Crippen LogP contribution in [0.5, 0.6) is 5.88 Å². The van der Waals surface area contributed by atoms with Gasteiger partial charge < -0.3 is 10.1 Å². The normalized spacial score (nSPS) is 11.0. The van der Waals surface area contributed by atoms with Gasteiger partial charge >= 0.3 is 0 Å². The Bertz CT molecular complexity index is 584. The smallest absolute Gasteiger partial charge is 0.218 e. The molecule has 2 aromatic heterocycles. The van der Waals surface area contributed by atoms with Gasteiger partial charge in [0.15, 0.2) is 0 Å². The number of nitrogens with zero attached hydrogens (tertiary/aromatic N) is 3. The molecule has 2 aromatic rings. The van der Waals surface area contributed by atoms with Crippen molar-refractivity contribution in [1.29, 1.82) is 0 Å². The molecule has 0 aliphatic rings. The highest BCUT2D eigenvalue weighted by atomic mass is 16.5. The maximum absolute atomic E-state index is 5.74. The first kappa shape index (κ1) is 16.2. The first-order valence-corrected chi connectivity index (χ1v) is 7.70. The lowest BCUT2D eigenvalue weighted by atomic mass is 10.2. The average Bonchev–Trinajstić information content (AvgIpc) is 2.52. The van der Waals surface area contributed by atoms with E-state index in [0.29, 0.717) is 24.9 Å². The summed E-state index contributed by atoms with van der Waals surface area (Å²) in [6.07, 6.45) is 1.79. The molecule has 0 saturated carbocycles. The highest BCUT2D eigenvalue weighted by Crippen LogP contribution is 2.19. The third kappa shape index (κ3) is 4.98. The molecule has 1 N–H and O–H groups in total. The molecule has 0 radical (unpaired) electrons. The molecule has 118 valence electrons. The Balaban J connectivity index is 2.11. The molecule has 2 heterocycles. The summed E-state index contributed by atoms with van der Waals surface area (Å²) in [5.41, 5.74) is 0.969. The average molecular weight is 300 g/mol. The Hall–Kier alpha value is -2.17. The topological polar surface area (TPSA) is 59.9 Å². The van der Waals surface area contributed by atoms with Crippen molar-refractivity contribution in [3.63, 3.8) is 0 Å². The second kappa shape index (κ2) is 7.73. The summed E-state index contributed by atoms with van der Waals surface area (Å²) in [6, 6.07) is 7.70. The van der Waals surface area contributed by atoms with Crippen LogP contribution in [0.25, 0.3) is 0 Å². The summed E-state index contributed by atoms with van der Waals surface area (Å²) >= 11 is 0. The van der Waals surface area contributed by atoms with Crippen molar-refractivity contribution in [3.05, 3.63) is 42.0 Å². The van der Waals surface area contributed by atoms with Gasteiger partial charge in [0.05, 0.1) is 18.8 Å². The summed E-state index contributed by atoms with van der Waals surface area (Å²) in [5.74, 6) is 2.88. The largest absolute Gasteiger partial charge is 0.477 e. The van der Waals surface area contributed by atoms with E-state index in [2.05, 4.69) is 48.0 Å². The van der Waals surface area contributed by atoms with Crippen LogP contribution >= 0.6 is 0 Å². The van der Waals surface area contributed by atoms with Gasteiger partial charge in [-0.25, -0.2) is 4.98 Å². The molecule has 2 rings (SSSR count). The fourth-order valence-corrected chi connectivity index (χ4v) is 1.80. The molecular formula is C17H24N4O. The quantitative estimate of drug-likeness (QED) is 0.846. The zero-order valence-corrected chi connectivity index (χ0v) is 13.7. The summed E-state index contributed by atoms with van der Waals surface area (Å²) in [4.78, 5) is 13.3. The summed E-state index contributed by atoms with van der Waals surface area (Å²) in [5, 5.41) is 3.29. The molecule has 0 saturated heterocycles. The fraction of sp³-hybridized carbons (Fsp3) is 0.471. The second-order valence-electron chi connectivity index (χ2n) is 5.98. The molecule has 0 amide bonds. The van der Waals surface area contributed by atoms with Crippen LogP contribution < -0.4 is 10.1 Å². The lowest BCUT2D eigenvalue weighted by Gasteiger charge is -2.13. The molecule has 5 nitrogen and oxygen atoms in total. The third-order valence-corrected chi connectivity index (χ3v) is 2.98. The first-order valence-electron chi connectivity index (χ1n) is 7.70. The number of ether oxygens (including phenoxy) is 1. The number of anilines is 1. The van der Waals surface area contributed by atoms with Crippen LogP contribution in [-0.2, 0) is 6.54 Å². The molecule has 0 fully saturated rings. The minimum absolute atomic E-state index is 0.248. The van der Waals surface area contributed by atoms with E-state index in [1.807, 2.05) is 24.3 Å². The Labute approximate surface area is 132 Å². The van der Waals surface area contributed by atoms with Crippen molar-refractivity contribution in [3.8, 4) is 5.88 Å². The van der Waals surface area contributed by atoms with Crippen molar-refractivity contribution in [1.82, 2.24) is 15.0 Å². The fourth-order valence-electron chi connectivity index (χ4n) is 1.80. The van der Waals surface area contributed by atoms with Gasteiger partial charge in [-0.1, -0.05) is 33.8 Å². The van der Waals surface area contributed by atoms with Crippen LogP contribution in [0.1, 0.15) is 45.1 Å². The lowest BCUT2D eigenvalue weighted by Crippen LogP contribution is -2.10. The minimum atomic E-state index is 0.248. The zero-order chi connectivity index (χ0) is 15.9. The predicted octanol–water partition coefficient (Wildman–Crippen LogP) is 3.64. The van der Waals surface area contributed by atoms with E-state index in [1.54, 1.807) is 6.20 Å². The molecule has 0 bridgehead atoms. The van der Waals surface area contributed by atoms with Crippen molar-refractivity contribution in [2.75, 3.05) is 11.9 Å². The lowest BCUT2D eigenvalue weighted by molar-refractivity contribution is 0.260. The van der Waals surface area contributed by atoms with Gasteiger partial charge in [-0.2, -0.15) is 4.98 Å². The molecule has 0 atom stereocenters. The number of hydrogen-bond acceptors (Lipinski definition) is 5. The maximum atomic E-state index is 5.74. The van der Waals surface area contributed by atoms with E-state index >= 15 is 0 Å². The van der Waals surface area contributed by atoms with Crippen LogP contribution in [0.15, 0.2) is 30.5 Å². The van der Waals surface area contributed by atoms with E-state index < -0.39 is 0 Å². The predicted molar refractivity (Wildman–Crippen MR) is 88.0 cm³/mol. The molecule has 0 unspecified atom stereocenters. The van der Waals surface area contributed by atoms with Crippen LogP contribution in [0.3, 0.4) is 0 Å². The molecule has 0 spiro atoms.